The number of ether oxygens (including phenoxy) is 1. The molecule has 0 spiro atoms. The zero-order chi connectivity index (χ0) is 14.5. The fourth-order valence-electron chi connectivity index (χ4n) is 2.77. The van der Waals surface area contributed by atoms with Gasteiger partial charge in [0.15, 0.2) is 5.78 Å². The van der Waals surface area contributed by atoms with E-state index < -0.39 is 5.82 Å². The minimum Gasteiger partial charge on any atom is -0.380 e. The maximum Gasteiger partial charge on any atom is 0.169 e. The zero-order valence-corrected chi connectivity index (χ0v) is 12.1. The molecule has 3 nitrogen and oxygen atoms in total. The van der Waals surface area contributed by atoms with Gasteiger partial charge in [0, 0.05) is 26.1 Å². The molecule has 1 aliphatic heterocycles. The van der Waals surface area contributed by atoms with Crippen LogP contribution < -0.4 is 0 Å². The van der Waals surface area contributed by atoms with Crippen molar-refractivity contribution in [1.29, 1.82) is 0 Å². The number of halogens is 1. The predicted octanol–water partition coefficient (Wildman–Crippen LogP) is 2.76. The number of likely N-dealkylation sites (tertiary alicyclic amines) is 1. The minimum absolute atomic E-state index is 0.123. The lowest BCUT2D eigenvalue weighted by atomic mass is 9.97. The van der Waals surface area contributed by atoms with Gasteiger partial charge in [-0.3, -0.25) is 4.79 Å². The fourth-order valence-corrected chi connectivity index (χ4v) is 2.77. The average molecular weight is 279 g/mol. The second kappa shape index (κ2) is 6.95. The lowest BCUT2D eigenvalue weighted by Gasteiger charge is -2.33. The first kappa shape index (κ1) is 15.1. The summed E-state index contributed by atoms with van der Waals surface area (Å²) >= 11 is 0. The van der Waals surface area contributed by atoms with Crippen molar-refractivity contribution in [1.82, 2.24) is 4.90 Å². The smallest absolute Gasteiger partial charge is 0.169 e. The first-order chi connectivity index (χ1) is 9.61. The highest BCUT2D eigenvalue weighted by atomic mass is 19.1. The SMILES string of the molecule is COC1CCCN(CC(C)C(=O)c2ccccc2F)C1. The number of methoxy groups -OCH3 is 1. The van der Waals surface area contributed by atoms with E-state index in [1.807, 2.05) is 6.92 Å². The molecule has 0 N–H and O–H groups in total. The molecule has 1 saturated heterocycles. The average Bonchev–Trinajstić information content (AvgIpc) is 2.47. The summed E-state index contributed by atoms with van der Waals surface area (Å²) in [5, 5.41) is 0. The number of hydrogen-bond acceptors (Lipinski definition) is 3. The van der Waals surface area contributed by atoms with E-state index in [4.69, 9.17) is 4.74 Å². The Hall–Kier alpha value is -1.26. The van der Waals surface area contributed by atoms with E-state index in [-0.39, 0.29) is 23.4 Å². The van der Waals surface area contributed by atoms with Crippen LogP contribution in [0, 0.1) is 11.7 Å². The molecule has 1 fully saturated rings. The molecule has 0 amide bonds. The van der Waals surface area contributed by atoms with Crippen molar-refractivity contribution < 1.29 is 13.9 Å². The molecule has 2 unspecified atom stereocenters. The van der Waals surface area contributed by atoms with Gasteiger partial charge in [0.1, 0.15) is 5.82 Å². The van der Waals surface area contributed by atoms with E-state index in [9.17, 15) is 9.18 Å². The normalized spacial score (nSPS) is 21.6. The van der Waals surface area contributed by atoms with E-state index in [2.05, 4.69) is 4.90 Å². The van der Waals surface area contributed by atoms with Gasteiger partial charge >= 0.3 is 0 Å². The van der Waals surface area contributed by atoms with Crippen LogP contribution in [0.1, 0.15) is 30.1 Å². The Morgan fingerprint density at radius 1 is 1.50 bits per heavy atom. The van der Waals surface area contributed by atoms with Crippen LogP contribution in [0.2, 0.25) is 0 Å². The molecule has 0 aliphatic carbocycles. The molecule has 2 rings (SSSR count). The summed E-state index contributed by atoms with van der Waals surface area (Å²) in [6, 6.07) is 6.19. The standard InChI is InChI=1S/C16H22FNO2/c1-12(10-18-9-5-6-13(11-18)20-2)16(19)14-7-3-4-8-15(14)17/h3-4,7-8,12-13H,5-6,9-11H2,1-2H3. The lowest BCUT2D eigenvalue weighted by molar-refractivity contribution is 0.0265. The largest absolute Gasteiger partial charge is 0.380 e. The summed E-state index contributed by atoms with van der Waals surface area (Å²) < 4.78 is 19.0. The molecule has 4 heteroatoms. The molecule has 110 valence electrons. The second-order valence-electron chi connectivity index (χ2n) is 5.50. The number of Topliss-reactive ketones (excluding diaryl/α,β-unsaturated/α-hetero) is 1. The Labute approximate surface area is 119 Å². The van der Waals surface area contributed by atoms with Gasteiger partial charge in [-0.2, -0.15) is 0 Å². The van der Waals surface area contributed by atoms with E-state index in [1.165, 1.54) is 6.07 Å². The van der Waals surface area contributed by atoms with Gasteiger partial charge in [-0.15, -0.1) is 0 Å². The molecule has 0 radical (unpaired) electrons. The number of carbonyl (C=O) groups is 1. The minimum atomic E-state index is -0.433. The first-order valence-corrected chi connectivity index (χ1v) is 7.15. The predicted molar refractivity (Wildman–Crippen MR) is 76.4 cm³/mol. The molecular formula is C16H22FNO2. The fraction of sp³-hybridized carbons (Fsp3) is 0.562. The van der Waals surface area contributed by atoms with Crippen molar-refractivity contribution in [2.45, 2.75) is 25.9 Å². The third kappa shape index (κ3) is 3.64. The molecule has 0 aromatic heterocycles. The van der Waals surface area contributed by atoms with Crippen LogP contribution in [-0.4, -0.2) is 43.5 Å². The number of ketones is 1. The van der Waals surface area contributed by atoms with Crippen LogP contribution in [0.15, 0.2) is 24.3 Å². The number of piperidine rings is 1. The number of nitrogens with zero attached hydrogens (tertiary/aromatic N) is 1. The van der Waals surface area contributed by atoms with Crippen molar-refractivity contribution in [2.24, 2.45) is 5.92 Å². The Balaban J connectivity index is 1.96. The molecule has 1 aliphatic rings. The van der Waals surface area contributed by atoms with Gasteiger partial charge in [0.25, 0.3) is 0 Å². The van der Waals surface area contributed by atoms with E-state index in [1.54, 1.807) is 25.3 Å². The van der Waals surface area contributed by atoms with Crippen LogP contribution in [0.5, 0.6) is 0 Å². The second-order valence-corrected chi connectivity index (χ2v) is 5.50. The molecule has 0 saturated carbocycles. The number of rotatable bonds is 5. The van der Waals surface area contributed by atoms with Crippen molar-refractivity contribution in [2.75, 3.05) is 26.7 Å². The van der Waals surface area contributed by atoms with Crippen molar-refractivity contribution in [3.8, 4) is 0 Å². The van der Waals surface area contributed by atoms with Crippen molar-refractivity contribution >= 4 is 5.78 Å². The maximum absolute atomic E-state index is 13.6. The zero-order valence-electron chi connectivity index (χ0n) is 12.1. The molecule has 2 atom stereocenters. The van der Waals surface area contributed by atoms with Gasteiger partial charge in [0.2, 0.25) is 0 Å². The van der Waals surface area contributed by atoms with Crippen LogP contribution in [0.4, 0.5) is 4.39 Å². The highest BCUT2D eigenvalue weighted by Gasteiger charge is 2.24. The van der Waals surface area contributed by atoms with E-state index in [0.29, 0.717) is 6.54 Å². The van der Waals surface area contributed by atoms with Gasteiger partial charge in [-0.25, -0.2) is 4.39 Å². The third-order valence-corrected chi connectivity index (χ3v) is 3.91. The Morgan fingerprint density at radius 3 is 2.95 bits per heavy atom. The summed E-state index contributed by atoms with van der Waals surface area (Å²) in [7, 11) is 1.72. The quantitative estimate of drug-likeness (QED) is 0.776. The first-order valence-electron chi connectivity index (χ1n) is 7.15. The van der Waals surface area contributed by atoms with Crippen LogP contribution in [-0.2, 0) is 4.74 Å². The molecule has 1 aromatic carbocycles. The molecule has 1 aromatic rings. The van der Waals surface area contributed by atoms with E-state index >= 15 is 0 Å². The molecule has 1 heterocycles. The topological polar surface area (TPSA) is 29.5 Å². The Kier molecular flexibility index (Phi) is 5.26. The van der Waals surface area contributed by atoms with Crippen molar-refractivity contribution in [3.05, 3.63) is 35.6 Å². The summed E-state index contributed by atoms with van der Waals surface area (Å²) in [5.41, 5.74) is 0.195. The summed E-state index contributed by atoms with van der Waals surface area (Å²) in [6.07, 6.45) is 2.40. The Bertz CT molecular complexity index is 464. The van der Waals surface area contributed by atoms with Crippen molar-refractivity contribution in [3.63, 3.8) is 0 Å². The molecule has 20 heavy (non-hydrogen) atoms. The highest BCUT2D eigenvalue weighted by Crippen LogP contribution is 2.17. The summed E-state index contributed by atoms with van der Waals surface area (Å²) in [6.45, 7) is 4.36. The summed E-state index contributed by atoms with van der Waals surface area (Å²) in [4.78, 5) is 14.5. The van der Waals surface area contributed by atoms with Gasteiger partial charge in [0.05, 0.1) is 11.7 Å². The van der Waals surface area contributed by atoms with Gasteiger partial charge < -0.3 is 9.64 Å². The number of benzene rings is 1. The molecular weight excluding hydrogens is 257 g/mol. The third-order valence-electron chi connectivity index (χ3n) is 3.91. The highest BCUT2D eigenvalue weighted by molar-refractivity contribution is 5.98. The molecule has 0 bridgehead atoms. The number of hydrogen-bond donors (Lipinski definition) is 0. The Morgan fingerprint density at radius 2 is 2.25 bits per heavy atom. The van der Waals surface area contributed by atoms with Crippen LogP contribution in [0.3, 0.4) is 0 Å². The lowest BCUT2D eigenvalue weighted by Crippen LogP contribution is -2.42. The van der Waals surface area contributed by atoms with Crippen LogP contribution in [0.25, 0.3) is 0 Å². The van der Waals surface area contributed by atoms with Crippen LogP contribution >= 0.6 is 0 Å². The number of carbonyl (C=O) groups excluding carboxylic acids is 1. The van der Waals surface area contributed by atoms with E-state index in [0.717, 1.165) is 25.9 Å². The van der Waals surface area contributed by atoms with Gasteiger partial charge in [-0.1, -0.05) is 19.1 Å². The summed E-state index contributed by atoms with van der Waals surface area (Å²) in [5.74, 6) is -0.761. The van der Waals surface area contributed by atoms with Gasteiger partial charge in [-0.05, 0) is 31.5 Å². The maximum atomic E-state index is 13.6. The monoisotopic (exact) mass is 279 g/mol.